The van der Waals surface area contributed by atoms with Crippen molar-refractivity contribution in [3.8, 4) is 0 Å². The summed E-state index contributed by atoms with van der Waals surface area (Å²) in [5.41, 5.74) is 0.558. The zero-order valence-electron chi connectivity index (χ0n) is 9.68. The molecule has 0 unspecified atom stereocenters. The van der Waals surface area contributed by atoms with E-state index in [-0.39, 0.29) is 0 Å². The van der Waals surface area contributed by atoms with Crippen LogP contribution in [-0.4, -0.2) is 36.6 Å². The molecule has 0 bridgehead atoms. The topological polar surface area (TPSA) is 15.3 Å². The molecule has 82 valence electrons. The van der Waals surface area contributed by atoms with Gasteiger partial charge in [-0.25, -0.2) is 0 Å². The van der Waals surface area contributed by atoms with Crippen molar-refractivity contribution in [2.75, 3.05) is 26.2 Å². The Bertz CT molecular complexity index is 177. The number of hydrogen-bond donors (Lipinski definition) is 1. The van der Waals surface area contributed by atoms with Crippen molar-refractivity contribution in [1.29, 1.82) is 0 Å². The van der Waals surface area contributed by atoms with E-state index >= 15 is 0 Å². The first-order valence-corrected chi connectivity index (χ1v) is 6.21. The van der Waals surface area contributed by atoms with Gasteiger partial charge in [0.25, 0.3) is 0 Å². The average molecular weight is 196 g/mol. The first kappa shape index (κ1) is 10.4. The van der Waals surface area contributed by atoms with Gasteiger partial charge >= 0.3 is 0 Å². The fourth-order valence-corrected chi connectivity index (χ4v) is 3.36. The molecule has 1 saturated carbocycles. The summed E-state index contributed by atoms with van der Waals surface area (Å²) in [6.45, 7) is 9.72. The normalized spacial score (nSPS) is 28.5. The number of nitrogens with zero attached hydrogens (tertiary/aromatic N) is 1. The predicted molar refractivity (Wildman–Crippen MR) is 60.5 cm³/mol. The highest BCUT2D eigenvalue weighted by Crippen LogP contribution is 2.41. The molecule has 0 atom stereocenters. The second-order valence-electron chi connectivity index (χ2n) is 5.20. The molecule has 2 fully saturated rings. The van der Waals surface area contributed by atoms with Gasteiger partial charge in [0.05, 0.1) is 0 Å². The number of rotatable bonds is 2. The highest BCUT2D eigenvalue weighted by Gasteiger charge is 2.41. The van der Waals surface area contributed by atoms with E-state index in [2.05, 4.69) is 24.1 Å². The van der Waals surface area contributed by atoms with E-state index in [9.17, 15) is 0 Å². The maximum Gasteiger partial charge on any atom is 0.0233 e. The average Bonchev–Trinajstić information content (AvgIpc) is 2.69. The zero-order valence-corrected chi connectivity index (χ0v) is 9.68. The van der Waals surface area contributed by atoms with Crippen LogP contribution in [0.5, 0.6) is 0 Å². The molecule has 0 aromatic heterocycles. The molecule has 0 aromatic carbocycles. The first-order valence-electron chi connectivity index (χ1n) is 6.21. The monoisotopic (exact) mass is 196 g/mol. The van der Waals surface area contributed by atoms with Gasteiger partial charge in [-0.15, -0.1) is 0 Å². The third-order valence-electron chi connectivity index (χ3n) is 4.29. The van der Waals surface area contributed by atoms with Gasteiger partial charge in [0.2, 0.25) is 0 Å². The molecule has 0 radical (unpaired) electrons. The molecule has 1 aliphatic heterocycles. The fourth-order valence-electron chi connectivity index (χ4n) is 3.36. The Kier molecular flexibility index (Phi) is 3.13. The van der Waals surface area contributed by atoms with E-state index in [0.717, 1.165) is 5.92 Å². The summed E-state index contributed by atoms with van der Waals surface area (Å²) in [4.78, 5) is 2.77. The van der Waals surface area contributed by atoms with Crippen LogP contribution < -0.4 is 5.32 Å². The van der Waals surface area contributed by atoms with Crippen LogP contribution >= 0.6 is 0 Å². The third-order valence-corrected chi connectivity index (χ3v) is 4.29. The fraction of sp³-hybridized carbons (Fsp3) is 1.00. The molecule has 2 aliphatic rings. The minimum absolute atomic E-state index is 0.558. The van der Waals surface area contributed by atoms with Crippen LogP contribution in [-0.2, 0) is 0 Å². The van der Waals surface area contributed by atoms with Crippen LogP contribution in [0.2, 0.25) is 0 Å². The molecular formula is C12H24N2. The van der Waals surface area contributed by atoms with Crippen LogP contribution in [0, 0.1) is 5.92 Å². The Balaban J connectivity index is 2.08. The molecule has 1 saturated heterocycles. The molecule has 14 heavy (non-hydrogen) atoms. The lowest BCUT2D eigenvalue weighted by molar-refractivity contribution is 0.0383. The lowest BCUT2D eigenvalue weighted by atomic mass is 9.82. The molecule has 2 heteroatoms. The van der Waals surface area contributed by atoms with E-state index in [0.29, 0.717) is 5.54 Å². The molecule has 1 heterocycles. The second kappa shape index (κ2) is 4.19. The number of hydrogen-bond acceptors (Lipinski definition) is 2. The van der Waals surface area contributed by atoms with Gasteiger partial charge in [-0.3, -0.25) is 4.90 Å². The summed E-state index contributed by atoms with van der Waals surface area (Å²) in [7, 11) is 0. The van der Waals surface area contributed by atoms with E-state index in [1.54, 1.807) is 0 Å². The minimum Gasteiger partial charge on any atom is -0.314 e. The summed E-state index contributed by atoms with van der Waals surface area (Å²) in [6, 6.07) is 0. The highest BCUT2D eigenvalue weighted by atomic mass is 15.2. The van der Waals surface area contributed by atoms with Crippen molar-refractivity contribution < 1.29 is 0 Å². The minimum atomic E-state index is 0.558. The van der Waals surface area contributed by atoms with Gasteiger partial charge in [-0.05, 0) is 18.8 Å². The van der Waals surface area contributed by atoms with Crippen molar-refractivity contribution >= 4 is 0 Å². The van der Waals surface area contributed by atoms with E-state index in [4.69, 9.17) is 0 Å². The summed E-state index contributed by atoms with van der Waals surface area (Å²) in [5, 5.41) is 3.45. The van der Waals surface area contributed by atoms with Gasteiger partial charge in [-0.1, -0.05) is 26.7 Å². The molecule has 0 spiro atoms. The predicted octanol–water partition coefficient (Wildman–Crippen LogP) is 1.86. The van der Waals surface area contributed by atoms with Gasteiger partial charge in [0.15, 0.2) is 0 Å². The Morgan fingerprint density at radius 3 is 2.14 bits per heavy atom. The number of piperazine rings is 1. The van der Waals surface area contributed by atoms with Gasteiger partial charge in [0, 0.05) is 31.7 Å². The maximum atomic E-state index is 3.45. The Labute approximate surface area is 88.1 Å². The van der Waals surface area contributed by atoms with Gasteiger partial charge < -0.3 is 5.32 Å². The van der Waals surface area contributed by atoms with E-state index < -0.39 is 0 Å². The largest absolute Gasteiger partial charge is 0.314 e. The van der Waals surface area contributed by atoms with Crippen LogP contribution in [0.4, 0.5) is 0 Å². The van der Waals surface area contributed by atoms with Crippen molar-refractivity contribution in [3.63, 3.8) is 0 Å². The second-order valence-corrected chi connectivity index (χ2v) is 5.20. The van der Waals surface area contributed by atoms with Gasteiger partial charge in [-0.2, -0.15) is 0 Å². The Morgan fingerprint density at radius 2 is 1.64 bits per heavy atom. The van der Waals surface area contributed by atoms with Crippen LogP contribution in [0.3, 0.4) is 0 Å². The quantitative estimate of drug-likeness (QED) is 0.725. The SMILES string of the molecule is CC(C)C1(N2CCNCC2)CCCC1. The molecule has 2 nitrogen and oxygen atoms in total. The summed E-state index contributed by atoms with van der Waals surface area (Å²) in [5.74, 6) is 0.822. The molecule has 1 aliphatic carbocycles. The lowest BCUT2D eigenvalue weighted by Gasteiger charge is -2.46. The van der Waals surface area contributed by atoms with E-state index in [1.807, 2.05) is 0 Å². The zero-order chi connectivity index (χ0) is 10.0. The smallest absolute Gasteiger partial charge is 0.0233 e. The third kappa shape index (κ3) is 1.70. The molecule has 0 aromatic rings. The Hall–Kier alpha value is -0.0800. The molecule has 0 amide bonds. The van der Waals surface area contributed by atoms with Crippen molar-refractivity contribution in [2.24, 2.45) is 5.92 Å². The molecular weight excluding hydrogens is 172 g/mol. The van der Waals surface area contributed by atoms with Crippen LogP contribution in [0.25, 0.3) is 0 Å². The van der Waals surface area contributed by atoms with Crippen molar-refractivity contribution in [2.45, 2.75) is 45.1 Å². The summed E-state index contributed by atoms with van der Waals surface area (Å²) in [6.07, 6.45) is 5.76. The van der Waals surface area contributed by atoms with E-state index in [1.165, 1.54) is 51.9 Å². The van der Waals surface area contributed by atoms with Crippen molar-refractivity contribution in [1.82, 2.24) is 10.2 Å². The highest BCUT2D eigenvalue weighted by molar-refractivity contribution is 4.98. The summed E-state index contributed by atoms with van der Waals surface area (Å²) < 4.78 is 0. The van der Waals surface area contributed by atoms with Crippen LogP contribution in [0.1, 0.15) is 39.5 Å². The Morgan fingerprint density at radius 1 is 1.07 bits per heavy atom. The molecule has 1 N–H and O–H groups in total. The maximum absolute atomic E-state index is 3.45. The number of nitrogens with one attached hydrogen (secondary N) is 1. The first-order chi connectivity index (χ1) is 6.76. The van der Waals surface area contributed by atoms with Crippen LogP contribution in [0.15, 0.2) is 0 Å². The lowest BCUT2D eigenvalue weighted by Crippen LogP contribution is -2.57. The molecule has 2 rings (SSSR count). The summed E-state index contributed by atoms with van der Waals surface area (Å²) >= 11 is 0. The standard InChI is InChI=1S/C12H24N2/c1-11(2)12(5-3-4-6-12)14-9-7-13-8-10-14/h11,13H,3-10H2,1-2H3. The van der Waals surface area contributed by atoms with Gasteiger partial charge in [0.1, 0.15) is 0 Å². The van der Waals surface area contributed by atoms with Crippen molar-refractivity contribution in [3.05, 3.63) is 0 Å².